The molecule has 0 bridgehead atoms. The molecule has 1 saturated carbocycles. The number of hydrogen-bond acceptors (Lipinski definition) is 3. The molecule has 1 N–H and O–H groups in total. The van der Waals surface area contributed by atoms with E-state index in [1.165, 1.54) is 0 Å². The molecular formula is C34H44N2O4. The van der Waals surface area contributed by atoms with Gasteiger partial charge in [-0.2, -0.15) is 0 Å². The largest absolute Gasteiger partial charge is 0.481 e. The number of hydrogen-bond donors (Lipinski definition) is 1. The fourth-order valence-corrected chi connectivity index (χ4v) is 6.48. The van der Waals surface area contributed by atoms with Gasteiger partial charge in [-0.3, -0.25) is 14.4 Å². The third-order valence-electron chi connectivity index (χ3n) is 9.17. The van der Waals surface area contributed by atoms with Crippen LogP contribution in [0.25, 0.3) is 6.08 Å². The van der Waals surface area contributed by atoms with E-state index in [4.69, 9.17) is 0 Å². The lowest BCUT2D eigenvalue weighted by molar-refractivity contribution is -0.144. The molecule has 6 nitrogen and oxygen atoms in total. The van der Waals surface area contributed by atoms with Crippen molar-refractivity contribution in [3.63, 3.8) is 0 Å². The van der Waals surface area contributed by atoms with Crippen LogP contribution in [0.4, 0.5) is 5.69 Å². The Morgan fingerprint density at radius 3 is 2.23 bits per heavy atom. The van der Waals surface area contributed by atoms with Crippen LogP contribution < -0.4 is 4.90 Å². The summed E-state index contributed by atoms with van der Waals surface area (Å²) in [5.41, 5.74) is 4.40. The molecule has 1 aliphatic heterocycles. The smallest absolute Gasteiger partial charge is 0.306 e. The molecule has 0 unspecified atom stereocenters. The number of carboxylic acids is 1. The number of likely N-dealkylation sites (tertiary alicyclic amines) is 1. The van der Waals surface area contributed by atoms with Crippen molar-refractivity contribution in [2.75, 3.05) is 18.0 Å². The van der Waals surface area contributed by atoms with E-state index in [1.54, 1.807) is 0 Å². The van der Waals surface area contributed by atoms with Gasteiger partial charge in [0.05, 0.1) is 12.5 Å². The van der Waals surface area contributed by atoms with E-state index in [0.717, 1.165) is 80.4 Å². The topological polar surface area (TPSA) is 77.9 Å². The van der Waals surface area contributed by atoms with E-state index in [0.29, 0.717) is 32.2 Å². The summed E-state index contributed by atoms with van der Waals surface area (Å²) in [6.45, 7) is 8.06. The Kier molecular flexibility index (Phi) is 10.2. The number of piperidine rings is 1. The molecule has 2 aromatic carbocycles. The summed E-state index contributed by atoms with van der Waals surface area (Å²) in [7, 11) is 0. The Morgan fingerprint density at radius 2 is 1.57 bits per heavy atom. The van der Waals surface area contributed by atoms with E-state index >= 15 is 0 Å². The maximum absolute atomic E-state index is 13.6. The fraction of sp³-hybridized carbons (Fsp3) is 0.500. The number of carbonyl (C=O) groups excluding carboxylic acids is 2. The van der Waals surface area contributed by atoms with Crippen molar-refractivity contribution in [1.82, 2.24) is 4.90 Å². The van der Waals surface area contributed by atoms with Crippen LogP contribution >= 0.6 is 0 Å². The molecule has 1 spiro atoms. The molecule has 2 fully saturated rings. The highest BCUT2D eigenvalue weighted by atomic mass is 16.4. The van der Waals surface area contributed by atoms with Gasteiger partial charge in [-0.15, -0.1) is 0 Å². The lowest BCUT2D eigenvalue weighted by Crippen LogP contribution is -2.44. The monoisotopic (exact) mass is 544 g/mol. The average molecular weight is 545 g/mol. The van der Waals surface area contributed by atoms with E-state index < -0.39 is 5.97 Å². The van der Waals surface area contributed by atoms with Crippen molar-refractivity contribution >= 4 is 29.5 Å². The predicted molar refractivity (Wildman–Crippen MR) is 160 cm³/mol. The number of aliphatic carboxylic acids is 1. The normalized spacial score (nSPS) is 17.0. The number of aryl methyl sites for hydroxylation is 1. The minimum Gasteiger partial charge on any atom is -0.481 e. The van der Waals surface area contributed by atoms with Gasteiger partial charge < -0.3 is 14.9 Å². The van der Waals surface area contributed by atoms with Crippen LogP contribution in [0.1, 0.15) is 87.8 Å². The molecule has 2 aliphatic rings. The van der Waals surface area contributed by atoms with Crippen LogP contribution in [0.2, 0.25) is 0 Å². The highest BCUT2D eigenvalue weighted by molar-refractivity contribution is 5.94. The second kappa shape index (κ2) is 13.8. The molecule has 1 aliphatic carbocycles. The molecule has 2 aromatic rings. The third kappa shape index (κ3) is 7.21. The van der Waals surface area contributed by atoms with E-state index in [2.05, 4.69) is 19.6 Å². The van der Waals surface area contributed by atoms with Gasteiger partial charge in [-0.25, -0.2) is 0 Å². The Hall–Kier alpha value is -3.41. The number of amides is 2. The van der Waals surface area contributed by atoms with Gasteiger partial charge in [0.1, 0.15) is 0 Å². The SMILES string of the molecule is C=Cc1ccccc1CN(C(=O)CCCCC(=O)N1CCC2(CCC(C(=O)O)CC2)CC1)c1ccccc1CC. The van der Waals surface area contributed by atoms with Crippen molar-refractivity contribution in [1.29, 1.82) is 0 Å². The Balaban J connectivity index is 1.29. The zero-order valence-corrected chi connectivity index (χ0v) is 23.9. The number of carboxylic acid groups (broad SMARTS) is 1. The number of carbonyl (C=O) groups is 3. The number of rotatable bonds is 11. The molecule has 4 rings (SSSR count). The summed E-state index contributed by atoms with van der Waals surface area (Å²) < 4.78 is 0. The summed E-state index contributed by atoms with van der Waals surface area (Å²) in [4.78, 5) is 41.7. The van der Waals surface area contributed by atoms with Crippen LogP contribution in [0.5, 0.6) is 0 Å². The van der Waals surface area contributed by atoms with Crippen LogP contribution in [0.15, 0.2) is 55.1 Å². The lowest BCUT2D eigenvalue weighted by Gasteiger charge is -2.45. The van der Waals surface area contributed by atoms with E-state index in [-0.39, 0.29) is 23.1 Å². The predicted octanol–water partition coefficient (Wildman–Crippen LogP) is 6.87. The fourth-order valence-electron chi connectivity index (χ4n) is 6.48. The first-order chi connectivity index (χ1) is 19.4. The van der Waals surface area contributed by atoms with Gasteiger partial charge in [0, 0.05) is 31.6 Å². The molecule has 1 saturated heterocycles. The van der Waals surface area contributed by atoms with Gasteiger partial charge in [0.2, 0.25) is 11.8 Å². The van der Waals surface area contributed by atoms with Gasteiger partial charge in [0.15, 0.2) is 0 Å². The summed E-state index contributed by atoms with van der Waals surface area (Å²) in [5.74, 6) is -0.616. The molecule has 1 heterocycles. The highest BCUT2D eigenvalue weighted by Crippen LogP contribution is 2.46. The standard InChI is InChI=1S/C34H44N2O4/c1-3-26-11-5-6-13-29(26)25-36(30-14-8-7-12-27(30)4-2)32(38)16-10-9-15-31(37)35-23-21-34(22-24-35)19-17-28(18-20-34)33(39)40/h3,5-8,11-14,28H,1,4,9-10,15-25H2,2H3,(H,39,40). The zero-order chi connectivity index (χ0) is 28.5. The van der Waals surface area contributed by atoms with Crippen molar-refractivity contribution in [2.24, 2.45) is 11.3 Å². The van der Waals surface area contributed by atoms with E-state index in [9.17, 15) is 19.5 Å². The highest BCUT2D eigenvalue weighted by Gasteiger charge is 2.40. The molecule has 6 heteroatoms. The van der Waals surface area contributed by atoms with Gasteiger partial charge in [-0.05, 0) is 86.0 Å². The van der Waals surface area contributed by atoms with Gasteiger partial charge in [-0.1, -0.05) is 62.0 Å². The summed E-state index contributed by atoms with van der Waals surface area (Å²) in [6, 6.07) is 16.1. The average Bonchev–Trinajstić information content (AvgIpc) is 2.98. The molecule has 0 radical (unpaired) electrons. The number of benzene rings is 2. The molecule has 0 aromatic heterocycles. The quantitative estimate of drug-likeness (QED) is 0.313. The first kappa shape index (κ1) is 29.6. The van der Waals surface area contributed by atoms with Gasteiger partial charge in [0.25, 0.3) is 0 Å². The number of unbranched alkanes of at least 4 members (excludes halogenated alkanes) is 1. The van der Waals surface area contributed by atoms with E-state index in [1.807, 2.05) is 58.3 Å². The van der Waals surface area contributed by atoms with Crippen molar-refractivity contribution in [3.05, 3.63) is 71.8 Å². The summed E-state index contributed by atoms with van der Waals surface area (Å²) >= 11 is 0. The Morgan fingerprint density at radius 1 is 0.950 bits per heavy atom. The Bertz CT molecular complexity index is 1190. The third-order valence-corrected chi connectivity index (χ3v) is 9.17. The number of nitrogens with zero attached hydrogens (tertiary/aromatic N) is 2. The maximum atomic E-state index is 13.6. The molecule has 40 heavy (non-hydrogen) atoms. The van der Waals surface area contributed by atoms with Crippen LogP contribution in [-0.4, -0.2) is 40.9 Å². The minimum atomic E-state index is -0.666. The maximum Gasteiger partial charge on any atom is 0.306 e. The number of anilines is 1. The first-order valence-electron chi connectivity index (χ1n) is 14.9. The van der Waals surface area contributed by atoms with Crippen LogP contribution in [-0.2, 0) is 27.3 Å². The molecule has 214 valence electrons. The second-order valence-corrected chi connectivity index (χ2v) is 11.6. The first-order valence-corrected chi connectivity index (χ1v) is 14.9. The van der Waals surface area contributed by atoms with Crippen molar-refractivity contribution in [3.8, 4) is 0 Å². The Labute approximate surface area is 239 Å². The summed E-state index contributed by atoms with van der Waals surface area (Å²) in [5, 5.41) is 9.30. The molecule has 0 atom stereocenters. The summed E-state index contributed by atoms with van der Waals surface area (Å²) in [6.07, 6.45) is 10.3. The van der Waals surface area contributed by atoms with Crippen LogP contribution in [0.3, 0.4) is 0 Å². The zero-order valence-electron chi connectivity index (χ0n) is 23.9. The molecular weight excluding hydrogens is 500 g/mol. The lowest BCUT2D eigenvalue weighted by atomic mass is 9.65. The number of para-hydroxylation sites is 1. The van der Waals surface area contributed by atoms with Crippen molar-refractivity contribution < 1.29 is 19.5 Å². The second-order valence-electron chi connectivity index (χ2n) is 11.6. The molecule has 2 amide bonds. The minimum absolute atomic E-state index is 0.0732. The van der Waals surface area contributed by atoms with Crippen LogP contribution in [0, 0.1) is 11.3 Å². The van der Waals surface area contributed by atoms with Gasteiger partial charge >= 0.3 is 5.97 Å². The van der Waals surface area contributed by atoms with Crippen molar-refractivity contribution in [2.45, 2.75) is 84.1 Å².